The molecule has 0 spiro atoms. The van der Waals surface area contributed by atoms with Gasteiger partial charge in [0.2, 0.25) is 0 Å². The van der Waals surface area contributed by atoms with E-state index in [4.69, 9.17) is 21.2 Å². The van der Waals surface area contributed by atoms with Crippen molar-refractivity contribution >= 4 is 82.0 Å². The molecule has 0 atom stereocenters. The summed E-state index contributed by atoms with van der Waals surface area (Å²) in [5.41, 5.74) is 3.81. The minimum atomic E-state index is -3.24. The molecule has 9 heteroatoms. The molecule has 0 saturated carbocycles. The number of para-hydroxylation sites is 2. The van der Waals surface area contributed by atoms with Crippen LogP contribution >= 0.6 is 61.6 Å². The zero-order valence-corrected chi connectivity index (χ0v) is 22.9. The van der Waals surface area contributed by atoms with Crippen molar-refractivity contribution in [3.05, 3.63) is 97.1 Å². The van der Waals surface area contributed by atoms with Crippen LogP contribution in [-0.2, 0) is 4.57 Å². The van der Waals surface area contributed by atoms with Gasteiger partial charge in [0.05, 0.1) is 20.4 Å². The molecule has 3 nitrogen and oxygen atoms in total. The van der Waals surface area contributed by atoms with E-state index in [1.807, 2.05) is 84.9 Å². The topological polar surface area (TPSA) is 42.9 Å². The summed E-state index contributed by atoms with van der Waals surface area (Å²) in [5, 5.41) is 1.79. The van der Waals surface area contributed by atoms with Crippen LogP contribution in [0.2, 0.25) is 0 Å². The van der Waals surface area contributed by atoms with E-state index >= 15 is 0 Å². The maximum atomic E-state index is 13.7. The summed E-state index contributed by atoms with van der Waals surface area (Å²) in [6.45, 7) is 0. The predicted octanol–water partition coefficient (Wildman–Crippen LogP) is 10.5. The van der Waals surface area contributed by atoms with Gasteiger partial charge in [0.25, 0.3) is 4.90 Å². The summed E-state index contributed by atoms with van der Waals surface area (Å²) < 4.78 is 16.0. The van der Waals surface area contributed by atoms with Crippen molar-refractivity contribution in [3.8, 4) is 21.1 Å². The van der Waals surface area contributed by atoms with Crippen molar-refractivity contribution in [2.24, 2.45) is 0 Å². The summed E-state index contributed by atoms with van der Waals surface area (Å²) in [5.74, 6) is 0. The van der Waals surface area contributed by atoms with Gasteiger partial charge in [0.15, 0.2) is 0 Å². The van der Waals surface area contributed by atoms with E-state index in [0.29, 0.717) is 0 Å². The molecule has 2 heterocycles. The largest absolute Gasteiger partial charge is 0.284 e. The molecule has 6 aromatic rings. The highest BCUT2D eigenvalue weighted by molar-refractivity contribution is 8.96. The summed E-state index contributed by atoms with van der Waals surface area (Å²) in [6.07, 6.45) is 0. The lowest BCUT2D eigenvalue weighted by atomic mass is 10.2. The van der Waals surface area contributed by atoms with Crippen molar-refractivity contribution in [1.82, 2.24) is 9.97 Å². The van der Waals surface area contributed by atoms with E-state index in [1.54, 1.807) is 22.7 Å². The molecule has 0 amide bonds. The van der Waals surface area contributed by atoms with Gasteiger partial charge in [0.1, 0.15) is 10.0 Å². The third-order valence-corrected chi connectivity index (χ3v) is 14.0. The third kappa shape index (κ3) is 4.94. The molecular weight excluding hydrogens is 551 g/mol. The number of halogens is 1. The van der Waals surface area contributed by atoms with Crippen molar-refractivity contribution in [2.45, 2.75) is 9.79 Å². The highest BCUT2D eigenvalue weighted by Crippen LogP contribution is 2.78. The maximum absolute atomic E-state index is 13.7. The number of benzene rings is 4. The lowest BCUT2D eigenvalue weighted by Crippen LogP contribution is -1.82. The lowest BCUT2D eigenvalue weighted by molar-refractivity contribution is 0.601. The van der Waals surface area contributed by atoms with Gasteiger partial charge in [-0.25, -0.2) is 9.97 Å². The Kier molecular flexibility index (Phi) is 6.48. The van der Waals surface area contributed by atoms with Crippen LogP contribution < -0.4 is 0 Å². The fraction of sp³-hybridized carbons (Fsp3) is 0. The van der Waals surface area contributed by atoms with Crippen molar-refractivity contribution < 1.29 is 4.57 Å². The van der Waals surface area contributed by atoms with Crippen LogP contribution in [-0.4, -0.2) is 9.97 Å². The number of aromatic nitrogens is 2. The summed E-state index contributed by atoms with van der Waals surface area (Å²) in [7, 11) is 0. The first-order valence-electron chi connectivity index (χ1n) is 10.6. The maximum Gasteiger partial charge on any atom is 0.284 e. The van der Waals surface area contributed by atoms with E-state index in [1.165, 1.54) is 22.8 Å². The summed E-state index contributed by atoms with van der Waals surface area (Å²) in [4.78, 5) is 8.05. The summed E-state index contributed by atoms with van der Waals surface area (Å²) in [6, 6.07) is 31.9. The van der Waals surface area contributed by atoms with Gasteiger partial charge < -0.3 is 0 Å². The smallest absolute Gasteiger partial charge is 0.282 e. The number of hydrogen-bond acceptors (Lipinski definition) is 7. The minimum absolute atomic E-state index is 0.856. The molecular formula is C26H16ClN2OPS4. The van der Waals surface area contributed by atoms with E-state index in [2.05, 4.69) is 12.1 Å². The molecule has 0 bridgehead atoms. The highest BCUT2D eigenvalue weighted by Gasteiger charge is 2.27. The molecule has 35 heavy (non-hydrogen) atoms. The second kappa shape index (κ2) is 9.74. The fourth-order valence-corrected chi connectivity index (χ4v) is 12.7. The zero-order valence-electron chi connectivity index (χ0n) is 18.0. The first kappa shape index (κ1) is 23.3. The average molecular weight is 567 g/mol. The van der Waals surface area contributed by atoms with Crippen LogP contribution in [0, 0.1) is 0 Å². The number of hydrogen-bond donors (Lipinski definition) is 0. The van der Waals surface area contributed by atoms with Gasteiger partial charge in [-0.15, -0.1) is 22.7 Å². The van der Waals surface area contributed by atoms with Crippen LogP contribution in [0.25, 0.3) is 41.6 Å². The Labute approximate surface area is 223 Å². The predicted molar refractivity (Wildman–Crippen MR) is 155 cm³/mol. The molecule has 172 valence electrons. The molecule has 2 aromatic heterocycles. The monoisotopic (exact) mass is 566 g/mol. The average Bonchev–Trinajstić information content (AvgIpc) is 3.48. The number of fused-ring (bicyclic) bond motifs is 2. The number of rotatable bonds is 6. The quantitative estimate of drug-likeness (QED) is 0.188. The van der Waals surface area contributed by atoms with Gasteiger partial charge >= 0.3 is 0 Å². The molecule has 0 aliphatic heterocycles. The first-order valence-corrected chi connectivity index (χ1v) is 17.7. The Morgan fingerprint density at radius 3 is 1.46 bits per heavy atom. The second-order valence-corrected chi connectivity index (χ2v) is 19.3. The van der Waals surface area contributed by atoms with Gasteiger partial charge in [-0.3, -0.25) is 4.57 Å². The fourth-order valence-electron chi connectivity index (χ4n) is 3.67. The zero-order chi connectivity index (χ0) is 23.8. The van der Waals surface area contributed by atoms with E-state index < -0.39 is 4.90 Å². The number of thiazole rings is 2. The highest BCUT2D eigenvalue weighted by atomic mass is 35.7. The van der Waals surface area contributed by atoms with Gasteiger partial charge in [-0.1, -0.05) is 60.7 Å². The van der Waals surface area contributed by atoms with Crippen LogP contribution in [0.3, 0.4) is 0 Å². The van der Waals surface area contributed by atoms with E-state index in [9.17, 15) is 4.57 Å². The van der Waals surface area contributed by atoms with Crippen LogP contribution in [0.4, 0.5) is 0 Å². The van der Waals surface area contributed by atoms with E-state index in [0.717, 1.165) is 51.4 Å². The SMILES string of the molecule is O=P(Cl)(Sc1ccccc1-c1nc2ccccc2s1)Sc1ccccc1-c1nc2ccccc2s1. The lowest BCUT2D eigenvalue weighted by Gasteiger charge is -2.13. The Morgan fingerprint density at radius 1 is 0.600 bits per heavy atom. The molecule has 0 aliphatic rings. The molecule has 0 saturated heterocycles. The normalized spacial score (nSPS) is 11.9. The van der Waals surface area contributed by atoms with Crippen molar-refractivity contribution in [1.29, 1.82) is 0 Å². The summed E-state index contributed by atoms with van der Waals surface area (Å²) >= 11 is 12.4. The standard InChI is InChI=1S/C26H16ClN2OPS4/c27-31(30,34-21-13-5-1-9-17(21)25-28-19-11-3-7-15-23(19)32-25)35-22-14-6-2-10-18(22)26-29-20-12-4-8-16-24(20)33-26/h1-16H. The molecule has 0 radical (unpaired) electrons. The van der Waals surface area contributed by atoms with Gasteiger partial charge in [0, 0.05) is 20.9 Å². The van der Waals surface area contributed by atoms with E-state index in [-0.39, 0.29) is 0 Å². The van der Waals surface area contributed by atoms with Crippen molar-refractivity contribution in [2.75, 3.05) is 0 Å². The van der Waals surface area contributed by atoms with Crippen LogP contribution in [0.1, 0.15) is 0 Å². The van der Waals surface area contributed by atoms with Gasteiger partial charge in [-0.2, -0.15) is 0 Å². The molecule has 0 aliphatic carbocycles. The minimum Gasteiger partial charge on any atom is -0.282 e. The Morgan fingerprint density at radius 2 is 1.00 bits per heavy atom. The van der Waals surface area contributed by atoms with Crippen LogP contribution in [0.5, 0.6) is 0 Å². The molecule has 0 unspecified atom stereocenters. The first-order chi connectivity index (χ1) is 17.1. The second-order valence-electron chi connectivity index (χ2n) is 7.58. The Bertz CT molecular complexity index is 1540. The van der Waals surface area contributed by atoms with Crippen LogP contribution in [0.15, 0.2) is 107 Å². The Balaban J connectivity index is 1.32. The van der Waals surface area contributed by atoms with Crippen molar-refractivity contribution in [3.63, 3.8) is 0 Å². The molecule has 0 fully saturated rings. The number of nitrogens with zero attached hydrogens (tertiary/aromatic N) is 2. The van der Waals surface area contributed by atoms with Gasteiger partial charge in [-0.05, 0) is 70.4 Å². The Hall–Kier alpha value is -2.12. The molecule has 4 aromatic carbocycles. The molecule has 6 rings (SSSR count). The third-order valence-electron chi connectivity index (χ3n) is 5.24. The molecule has 0 N–H and O–H groups in total.